The highest BCUT2D eigenvalue weighted by Gasteiger charge is 2.44. The number of carbonyl (C=O) groups excluding carboxylic acids is 3. The van der Waals surface area contributed by atoms with Gasteiger partial charge in [-0.25, -0.2) is 9.78 Å². The highest BCUT2D eigenvalue weighted by atomic mass is 28.4. The lowest BCUT2D eigenvalue weighted by Gasteiger charge is -2.40. The summed E-state index contributed by atoms with van der Waals surface area (Å²) in [5.74, 6) is -1.21. The summed E-state index contributed by atoms with van der Waals surface area (Å²) in [5, 5.41) is 5.63. The van der Waals surface area contributed by atoms with Gasteiger partial charge in [0.1, 0.15) is 5.60 Å². The van der Waals surface area contributed by atoms with E-state index in [0.29, 0.717) is 5.82 Å². The summed E-state index contributed by atoms with van der Waals surface area (Å²) in [6.07, 6.45) is 3.40. The van der Waals surface area contributed by atoms with Crippen LogP contribution >= 0.6 is 0 Å². The molecule has 4 rings (SSSR count). The minimum atomic E-state index is -2.09. The number of Topliss-reactive ketones (excluding diaryl/α,β-unsaturated/α-hetero) is 1. The van der Waals surface area contributed by atoms with Crippen LogP contribution in [-0.4, -0.2) is 59.5 Å². The van der Waals surface area contributed by atoms with E-state index in [4.69, 9.17) is 13.9 Å². The Kier molecular flexibility index (Phi) is 11.6. The van der Waals surface area contributed by atoms with Crippen LogP contribution in [0.15, 0.2) is 67.1 Å². The average Bonchev–Trinajstić information content (AvgIpc) is 3.58. The monoisotopic (exact) mass is 690 g/mol. The Hall–Kier alpha value is -3.80. The predicted molar refractivity (Wildman–Crippen MR) is 194 cm³/mol. The summed E-state index contributed by atoms with van der Waals surface area (Å²) in [6, 6.07) is 17.9. The third kappa shape index (κ3) is 10.1. The number of benzene rings is 2. The van der Waals surface area contributed by atoms with Crippen molar-refractivity contribution in [1.82, 2.24) is 14.9 Å². The Bertz CT molecular complexity index is 1610. The first kappa shape index (κ1) is 38.0. The van der Waals surface area contributed by atoms with Gasteiger partial charge < -0.3 is 29.1 Å². The molecule has 1 heterocycles. The fourth-order valence-electron chi connectivity index (χ4n) is 5.56. The first-order valence-corrected chi connectivity index (χ1v) is 19.9. The van der Waals surface area contributed by atoms with Gasteiger partial charge in [0.2, 0.25) is 5.91 Å². The second-order valence-corrected chi connectivity index (χ2v) is 20.8. The van der Waals surface area contributed by atoms with Gasteiger partial charge in [-0.1, -0.05) is 75.4 Å². The van der Waals surface area contributed by atoms with Crippen molar-refractivity contribution in [2.24, 2.45) is 5.92 Å². The number of alkyl carbamates (subject to hydrolysis) is 1. The van der Waals surface area contributed by atoms with Gasteiger partial charge in [0.15, 0.2) is 19.9 Å². The molecule has 1 aliphatic carbocycles. The van der Waals surface area contributed by atoms with Crippen molar-refractivity contribution < 1.29 is 28.3 Å². The number of nitrogens with one attached hydrogen (secondary N) is 2. The molecule has 11 heteroatoms. The lowest BCUT2D eigenvalue weighted by Crippen LogP contribution is -2.52. The molecule has 49 heavy (non-hydrogen) atoms. The van der Waals surface area contributed by atoms with Crippen molar-refractivity contribution in [2.45, 2.75) is 116 Å². The molecule has 2 amide bonds. The number of ether oxygens (including phenoxy) is 2. The highest BCUT2D eigenvalue weighted by Crippen LogP contribution is 2.43. The van der Waals surface area contributed by atoms with Crippen LogP contribution in [0.4, 0.5) is 10.6 Å². The minimum absolute atomic E-state index is 0.00583. The first-order valence-electron chi connectivity index (χ1n) is 17.0. The Balaban J connectivity index is 1.52. The number of anilines is 1. The topological polar surface area (TPSA) is 121 Å². The van der Waals surface area contributed by atoms with Gasteiger partial charge in [-0.3, -0.25) is 9.59 Å². The molecule has 2 aromatic carbocycles. The summed E-state index contributed by atoms with van der Waals surface area (Å²) >= 11 is 0. The van der Waals surface area contributed by atoms with Crippen LogP contribution in [0.3, 0.4) is 0 Å². The zero-order valence-electron chi connectivity index (χ0n) is 30.8. The second kappa shape index (κ2) is 15.0. The lowest BCUT2D eigenvalue weighted by atomic mass is 9.90. The highest BCUT2D eigenvalue weighted by molar-refractivity contribution is 6.74. The van der Waals surface area contributed by atoms with Gasteiger partial charge in [-0.2, -0.15) is 0 Å². The van der Waals surface area contributed by atoms with E-state index < -0.39 is 37.4 Å². The van der Waals surface area contributed by atoms with Gasteiger partial charge in [-0.05, 0) is 69.4 Å². The quantitative estimate of drug-likeness (QED) is 0.179. The number of amides is 2. The lowest BCUT2D eigenvalue weighted by molar-refractivity contribution is -0.131. The molecular formula is C38H54N4O6Si. The van der Waals surface area contributed by atoms with Crippen molar-refractivity contribution >= 4 is 31.9 Å². The number of hydrogen-bond acceptors (Lipinski definition) is 7. The largest absolute Gasteiger partial charge is 0.444 e. The standard InChI is InChI=1S/C38H54N4O6Si/c1-36(2,3)47-35(45)41-38(7,8)31(43)21-28(24-46-23-26-16-12-11-13-17-26)34(44)40-32-22-42(25-39-32)33-29-19-15-14-18-27(29)20-30(33)48-49(9,10)37(4,5)6/h11-19,22,25,28,30,33H,20-21,23-24H2,1-10H3,(H,40,44)(H,41,45)/t28-,30+,33-/m1/s1. The molecule has 1 aromatic heterocycles. The maximum absolute atomic E-state index is 13.8. The molecule has 0 aliphatic heterocycles. The van der Waals surface area contributed by atoms with E-state index in [1.807, 2.05) is 47.2 Å². The molecule has 0 bridgehead atoms. The fourth-order valence-corrected chi connectivity index (χ4v) is 6.88. The molecule has 10 nitrogen and oxygen atoms in total. The summed E-state index contributed by atoms with van der Waals surface area (Å²) in [7, 11) is -2.09. The van der Waals surface area contributed by atoms with Gasteiger partial charge in [0.25, 0.3) is 0 Å². The van der Waals surface area contributed by atoms with Crippen LogP contribution in [0, 0.1) is 5.92 Å². The molecule has 3 aromatic rings. The van der Waals surface area contributed by atoms with E-state index in [9.17, 15) is 14.4 Å². The van der Waals surface area contributed by atoms with E-state index in [0.717, 1.165) is 12.0 Å². The van der Waals surface area contributed by atoms with E-state index >= 15 is 0 Å². The zero-order chi connectivity index (χ0) is 36.2. The Morgan fingerprint density at radius 2 is 1.61 bits per heavy atom. The van der Waals surface area contributed by atoms with Gasteiger partial charge in [0.05, 0.1) is 43.1 Å². The molecule has 2 N–H and O–H groups in total. The molecule has 3 atom stereocenters. The SMILES string of the molecule is CC(C)(C)OC(=O)NC(C)(C)C(=O)C[C@H](COCc1ccccc1)C(=O)Nc1cn([C@@H]2c3ccccc3C[C@@H]2O[Si](C)(C)C(C)(C)C)cn1. The number of ketones is 1. The number of aromatic nitrogens is 2. The summed E-state index contributed by atoms with van der Waals surface area (Å²) in [6.45, 7) is 20.0. The van der Waals surface area contributed by atoms with Gasteiger partial charge >= 0.3 is 6.09 Å². The number of hydrogen-bond donors (Lipinski definition) is 2. The zero-order valence-corrected chi connectivity index (χ0v) is 31.8. The number of imidazole rings is 1. The molecule has 266 valence electrons. The van der Waals surface area contributed by atoms with E-state index in [-0.39, 0.29) is 42.6 Å². The van der Waals surface area contributed by atoms with E-state index in [1.165, 1.54) is 11.1 Å². The predicted octanol–water partition coefficient (Wildman–Crippen LogP) is 7.45. The average molecular weight is 691 g/mol. The number of fused-ring (bicyclic) bond motifs is 1. The molecule has 0 radical (unpaired) electrons. The molecular weight excluding hydrogens is 637 g/mol. The number of rotatable bonds is 13. The van der Waals surface area contributed by atoms with Gasteiger partial charge in [-0.15, -0.1) is 0 Å². The Morgan fingerprint density at radius 3 is 2.27 bits per heavy atom. The number of nitrogens with zero attached hydrogens (tertiary/aromatic N) is 2. The van der Waals surface area contributed by atoms with Crippen molar-refractivity contribution in [1.29, 1.82) is 0 Å². The van der Waals surface area contributed by atoms with Gasteiger partial charge in [0, 0.05) is 19.0 Å². The third-order valence-corrected chi connectivity index (χ3v) is 13.8. The van der Waals surface area contributed by atoms with Crippen LogP contribution < -0.4 is 10.6 Å². The van der Waals surface area contributed by atoms with Crippen LogP contribution in [0.25, 0.3) is 0 Å². The fraction of sp³-hybridized carbons (Fsp3) is 0.526. The van der Waals surface area contributed by atoms with E-state index in [1.54, 1.807) is 40.9 Å². The van der Waals surface area contributed by atoms with Crippen molar-refractivity contribution in [3.63, 3.8) is 0 Å². The van der Waals surface area contributed by atoms with E-state index in [2.05, 4.69) is 67.7 Å². The van der Waals surface area contributed by atoms with Crippen LogP contribution in [0.1, 0.15) is 84.5 Å². The first-order chi connectivity index (χ1) is 22.8. The molecule has 1 aliphatic rings. The number of carbonyl (C=O) groups is 3. The molecule has 0 saturated carbocycles. The normalized spacial score (nSPS) is 17.3. The molecule has 0 fully saturated rings. The molecule has 0 saturated heterocycles. The van der Waals surface area contributed by atoms with Crippen LogP contribution in [0.5, 0.6) is 0 Å². The molecule has 0 spiro atoms. The molecule has 0 unspecified atom stereocenters. The summed E-state index contributed by atoms with van der Waals surface area (Å²) in [5.41, 5.74) is 1.37. The van der Waals surface area contributed by atoms with Crippen LogP contribution in [-0.2, 0) is 36.5 Å². The van der Waals surface area contributed by atoms with Crippen molar-refractivity contribution in [3.8, 4) is 0 Å². The van der Waals surface area contributed by atoms with Crippen LogP contribution in [0.2, 0.25) is 18.1 Å². The minimum Gasteiger partial charge on any atom is -0.444 e. The Morgan fingerprint density at radius 1 is 0.959 bits per heavy atom. The second-order valence-electron chi connectivity index (χ2n) is 16.0. The maximum atomic E-state index is 13.8. The maximum Gasteiger partial charge on any atom is 0.408 e. The smallest absolute Gasteiger partial charge is 0.408 e. The third-order valence-electron chi connectivity index (χ3n) is 9.32. The van der Waals surface area contributed by atoms with Crippen molar-refractivity contribution in [2.75, 3.05) is 11.9 Å². The Labute approximate surface area is 292 Å². The summed E-state index contributed by atoms with van der Waals surface area (Å²) < 4.78 is 20.3. The van der Waals surface area contributed by atoms with Crippen molar-refractivity contribution in [3.05, 3.63) is 83.8 Å². The summed E-state index contributed by atoms with van der Waals surface area (Å²) in [4.78, 5) is 44.4.